The molecule has 1 aromatic rings. The van der Waals surface area contributed by atoms with Gasteiger partial charge >= 0.3 is 0 Å². The Balaban J connectivity index is 2.96. The number of aliphatic hydroxyl groups is 2. The van der Waals surface area contributed by atoms with Crippen molar-refractivity contribution in [2.45, 2.75) is 26.1 Å². The highest BCUT2D eigenvalue weighted by molar-refractivity contribution is 6.32. The highest BCUT2D eigenvalue weighted by Crippen LogP contribution is 2.30. The molecule has 2 N–H and O–H groups in total. The second kappa shape index (κ2) is 5.53. The van der Waals surface area contributed by atoms with E-state index >= 15 is 0 Å². The normalized spacial score (nSPS) is 14.9. The van der Waals surface area contributed by atoms with Crippen molar-refractivity contribution in [1.29, 1.82) is 0 Å². The molecule has 16 heavy (non-hydrogen) atoms. The second-order valence-electron chi connectivity index (χ2n) is 4.07. The van der Waals surface area contributed by atoms with Gasteiger partial charge in [0.1, 0.15) is 11.9 Å². The zero-order valence-electron chi connectivity index (χ0n) is 9.64. The molecule has 0 amide bonds. The molecule has 2 atom stereocenters. The molecule has 0 saturated carbocycles. The standard InChI is InChI=1S/C12H17ClO3/c1-7(2)11(14)12(15)8-4-5-9(13)10(6-8)16-3/h4-7,11-12,14-15H,1-3H3. The number of hydrogen-bond acceptors (Lipinski definition) is 3. The summed E-state index contributed by atoms with van der Waals surface area (Å²) in [6.45, 7) is 3.70. The molecule has 0 aromatic heterocycles. The van der Waals surface area contributed by atoms with Crippen molar-refractivity contribution < 1.29 is 14.9 Å². The van der Waals surface area contributed by atoms with Crippen LogP contribution in [0.5, 0.6) is 5.75 Å². The number of rotatable bonds is 4. The largest absolute Gasteiger partial charge is 0.495 e. The Morgan fingerprint density at radius 3 is 2.38 bits per heavy atom. The van der Waals surface area contributed by atoms with Crippen molar-refractivity contribution in [3.63, 3.8) is 0 Å². The summed E-state index contributed by atoms with van der Waals surface area (Å²) < 4.78 is 5.05. The van der Waals surface area contributed by atoms with Gasteiger partial charge in [-0.2, -0.15) is 0 Å². The van der Waals surface area contributed by atoms with E-state index in [9.17, 15) is 10.2 Å². The topological polar surface area (TPSA) is 49.7 Å². The summed E-state index contributed by atoms with van der Waals surface area (Å²) in [5, 5.41) is 20.2. The maximum atomic E-state index is 9.92. The molecule has 0 saturated heterocycles. The molecule has 0 bridgehead atoms. The fraction of sp³-hybridized carbons (Fsp3) is 0.500. The molecule has 4 heteroatoms. The minimum atomic E-state index is -0.925. The first-order valence-electron chi connectivity index (χ1n) is 5.17. The molecule has 0 radical (unpaired) electrons. The molecule has 0 spiro atoms. The average Bonchev–Trinajstić information content (AvgIpc) is 2.27. The fourth-order valence-corrected chi connectivity index (χ4v) is 1.62. The van der Waals surface area contributed by atoms with E-state index in [1.54, 1.807) is 18.2 Å². The molecule has 2 unspecified atom stereocenters. The van der Waals surface area contributed by atoms with Crippen molar-refractivity contribution in [1.82, 2.24) is 0 Å². The maximum absolute atomic E-state index is 9.92. The lowest BCUT2D eigenvalue weighted by molar-refractivity contribution is -0.00947. The molecule has 1 aromatic carbocycles. The lowest BCUT2D eigenvalue weighted by Crippen LogP contribution is -2.23. The lowest BCUT2D eigenvalue weighted by atomic mass is 9.96. The van der Waals surface area contributed by atoms with Crippen molar-refractivity contribution in [2.75, 3.05) is 7.11 Å². The number of methoxy groups -OCH3 is 1. The molecule has 0 aliphatic rings. The van der Waals surface area contributed by atoms with Gasteiger partial charge < -0.3 is 14.9 Å². The Kier molecular flexibility index (Phi) is 4.59. The monoisotopic (exact) mass is 244 g/mol. The first-order chi connectivity index (χ1) is 7.47. The Labute approximate surface area is 101 Å². The van der Waals surface area contributed by atoms with Gasteiger partial charge in [-0.25, -0.2) is 0 Å². The van der Waals surface area contributed by atoms with Gasteiger partial charge in [-0.3, -0.25) is 0 Å². The van der Waals surface area contributed by atoms with E-state index in [4.69, 9.17) is 16.3 Å². The summed E-state index contributed by atoms with van der Waals surface area (Å²) in [5.74, 6) is 0.478. The number of aliphatic hydroxyl groups excluding tert-OH is 2. The SMILES string of the molecule is COc1cc(C(O)C(O)C(C)C)ccc1Cl. The number of benzene rings is 1. The van der Waals surface area contributed by atoms with Crippen LogP contribution in [0.2, 0.25) is 5.02 Å². The Morgan fingerprint density at radius 2 is 1.88 bits per heavy atom. The van der Waals surface area contributed by atoms with Crippen LogP contribution in [-0.2, 0) is 0 Å². The summed E-state index contributed by atoms with van der Waals surface area (Å²) in [6, 6.07) is 4.96. The highest BCUT2D eigenvalue weighted by Gasteiger charge is 2.22. The Hall–Kier alpha value is -0.770. The van der Waals surface area contributed by atoms with Gasteiger partial charge in [-0.05, 0) is 23.6 Å². The minimum absolute atomic E-state index is 0.0170. The Bertz CT molecular complexity index is 352. The van der Waals surface area contributed by atoms with Crippen LogP contribution < -0.4 is 4.74 Å². The Morgan fingerprint density at radius 1 is 1.25 bits per heavy atom. The van der Waals surface area contributed by atoms with Crippen LogP contribution in [0.1, 0.15) is 25.5 Å². The number of halogens is 1. The number of ether oxygens (including phenoxy) is 1. The van der Waals surface area contributed by atoms with E-state index in [-0.39, 0.29) is 5.92 Å². The second-order valence-corrected chi connectivity index (χ2v) is 4.48. The lowest BCUT2D eigenvalue weighted by Gasteiger charge is -2.21. The van der Waals surface area contributed by atoms with E-state index in [2.05, 4.69) is 0 Å². The molecule has 0 aliphatic heterocycles. The first kappa shape index (κ1) is 13.3. The van der Waals surface area contributed by atoms with Crippen LogP contribution in [0.4, 0.5) is 0 Å². The van der Waals surface area contributed by atoms with Crippen LogP contribution in [0.25, 0.3) is 0 Å². The van der Waals surface area contributed by atoms with E-state index in [1.165, 1.54) is 7.11 Å². The summed E-state index contributed by atoms with van der Waals surface area (Å²) in [6.07, 6.45) is -1.72. The van der Waals surface area contributed by atoms with Crippen LogP contribution in [0.15, 0.2) is 18.2 Å². The average molecular weight is 245 g/mol. The van der Waals surface area contributed by atoms with Crippen molar-refractivity contribution in [3.8, 4) is 5.75 Å². The third kappa shape index (κ3) is 2.88. The predicted molar refractivity (Wildman–Crippen MR) is 63.8 cm³/mol. The fourth-order valence-electron chi connectivity index (χ4n) is 1.42. The van der Waals surface area contributed by atoms with Crippen LogP contribution in [-0.4, -0.2) is 23.4 Å². The van der Waals surface area contributed by atoms with Gasteiger partial charge in [0.05, 0.1) is 18.2 Å². The van der Waals surface area contributed by atoms with Gasteiger partial charge in [-0.15, -0.1) is 0 Å². The smallest absolute Gasteiger partial charge is 0.137 e. The first-order valence-corrected chi connectivity index (χ1v) is 5.54. The van der Waals surface area contributed by atoms with E-state index in [0.717, 1.165) is 0 Å². The summed E-state index contributed by atoms with van der Waals surface area (Å²) in [7, 11) is 1.51. The van der Waals surface area contributed by atoms with E-state index < -0.39 is 12.2 Å². The predicted octanol–water partition coefficient (Wildman–Crippen LogP) is 2.40. The van der Waals surface area contributed by atoms with Crippen molar-refractivity contribution in [3.05, 3.63) is 28.8 Å². The van der Waals surface area contributed by atoms with Gasteiger partial charge in [0, 0.05) is 0 Å². The van der Waals surface area contributed by atoms with Gasteiger partial charge in [0.25, 0.3) is 0 Å². The summed E-state index contributed by atoms with van der Waals surface area (Å²) in [4.78, 5) is 0. The number of hydrogen-bond donors (Lipinski definition) is 2. The molecular weight excluding hydrogens is 228 g/mol. The molecule has 0 fully saturated rings. The van der Waals surface area contributed by atoms with Gasteiger partial charge in [0.2, 0.25) is 0 Å². The molecule has 90 valence electrons. The van der Waals surface area contributed by atoms with E-state index in [0.29, 0.717) is 16.3 Å². The van der Waals surface area contributed by atoms with Crippen LogP contribution in [0.3, 0.4) is 0 Å². The van der Waals surface area contributed by atoms with Crippen molar-refractivity contribution >= 4 is 11.6 Å². The van der Waals surface area contributed by atoms with Crippen molar-refractivity contribution in [2.24, 2.45) is 5.92 Å². The van der Waals surface area contributed by atoms with Gasteiger partial charge in [-0.1, -0.05) is 31.5 Å². The quantitative estimate of drug-likeness (QED) is 0.855. The molecule has 3 nitrogen and oxygen atoms in total. The molecule has 0 heterocycles. The zero-order valence-corrected chi connectivity index (χ0v) is 10.4. The molecule has 1 rings (SSSR count). The molecule has 0 aliphatic carbocycles. The van der Waals surface area contributed by atoms with E-state index in [1.807, 2.05) is 13.8 Å². The molecular formula is C12H17ClO3. The van der Waals surface area contributed by atoms with Gasteiger partial charge in [0.15, 0.2) is 0 Å². The zero-order chi connectivity index (χ0) is 12.3. The third-order valence-corrected chi connectivity index (χ3v) is 2.84. The highest BCUT2D eigenvalue weighted by atomic mass is 35.5. The summed E-state index contributed by atoms with van der Waals surface area (Å²) in [5.41, 5.74) is 0.599. The maximum Gasteiger partial charge on any atom is 0.137 e. The van der Waals surface area contributed by atoms with Crippen LogP contribution >= 0.6 is 11.6 Å². The third-order valence-electron chi connectivity index (χ3n) is 2.52. The minimum Gasteiger partial charge on any atom is -0.495 e. The van der Waals surface area contributed by atoms with Crippen LogP contribution in [0, 0.1) is 5.92 Å². The summed E-state index contributed by atoms with van der Waals surface area (Å²) >= 11 is 5.87.